The molecule has 0 saturated carbocycles. The molecule has 0 aromatic carbocycles. The number of pyridine rings is 1. The van der Waals surface area contributed by atoms with Gasteiger partial charge in [0.25, 0.3) is 12.3 Å². The molecule has 1 atom stereocenters. The van der Waals surface area contributed by atoms with E-state index in [0.29, 0.717) is 28.0 Å². The number of hydrogen-bond acceptors (Lipinski definition) is 7. The SMILES string of the molecule is O=C(c1nnc(-c2cnn(C(F)F)c2)o1)N1CCc2[nH]cnc2C1c1cc2cccc(C(F)F)n2n1. The molecule has 0 aliphatic carbocycles. The molecule has 6 rings (SSSR count). The van der Waals surface area contributed by atoms with Gasteiger partial charge in [-0.1, -0.05) is 6.07 Å². The molecule has 11 nitrogen and oxygen atoms in total. The molecular formula is C21H15F4N9O2. The van der Waals surface area contributed by atoms with Gasteiger partial charge in [-0.05, 0) is 18.2 Å². The van der Waals surface area contributed by atoms with Gasteiger partial charge in [0.2, 0.25) is 0 Å². The number of nitrogens with zero attached hydrogens (tertiary/aromatic N) is 8. The van der Waals surface area contributed by atoms with E-state index in [-0.39, 0.29) is 29.6 Å². The molecule has 0 fully saturated rings. The Bertz CT molecular complexity index is 1570. The fourth-order valence-corrected chi connectivity index (χ4v) is 4.25. The van der Waals surface area contributed by atoms with Crippen LogP contribution in [0.2, 0.25) is 0 Å². The molecular weight excluding hydrogens is 486 g/mol. The van der Waals surface area contributed by atoms with Crippen LogP contribution in [-0.2, 0) is 6.42 Å². The van der Waals surface area contributed by atoms with Crippen LogP contribution in [0.4, 0.5) is 17.6 Å². The molecule has 1 aliphatic rings. The number of H-pyrrole nitrogens is 1. The lowest BCUT2D eigenvalue weighted by Gasteiger charge is -2.32. The van der Waals surface area contributed by atoms with Crippen LogP contribution < -0.4 is 0 Å². The van der Waals surface area contributed by atoms with Gasteiger partial charge >= 0.3 is 18.3 Å². The Kier molecular flexibility index (Phi) is 5.05. The molecule has 5 aromatic rings. The highest BCUT2D eigenvalue weighted by atomic mass is 19.3. The lowest BCUT2D eigenvalue weighted by molar-refractivity contribution is 0.0566. The minimum Gasteiger partial charge on any atom is -0.412 e. The summed E-state index contributed by atoms with van der Waals surface area (Å²) in [6.45, 7) is -2.63. The van der Waals surface area contributed by atoms with Crippen molar-refractivity contribution >= 4 is 11.4 Å². The molecule has 15 heteroatoms. The number of alkyl halides is 4. The normalized spacial score (nSPS) is 15.8. The van der Waals surface area contributed by atoms with Gasteiger partial charge in [0.15, 0.2) is 0 Å². The van der Waals surface area contributed by atoms with Gasteiger partial charge in [0.05, 0.1) is 35.0 Å². The highest BCUT2D eigenvalue weighted by Gasteiger charge is 2.38. The summed E-state index contributed by atoms with van der Waals surface area (Å²) >= 11 is 0. The number of aromatic amines is 1. The maximum absolute atomic E-state index is 13.5. The molecule has 1 amide bonds. The van der Waals surface area contributed by atoms with Crippen LogP contribution in [0.15, 0.2) is 47.4 Å². The molecule has 0 saturated heterocycles. The number of amides is 1. The van der Waals surface area contributed by atoms with E-state index in [1.807, 2.05) is 0 Å². The van der Waals surface area contributed by atoms with Crippen LogP contribution >= 0.6 is 0 Å². The smallest absolute Gasteiger partial charge is 0.333 e. The van der Waals surface area contributed by atoms with Gasteiger partial charge in [-0.15, -0.1) is 10.2 Å². The number of imidazole rings is 1. The van der Waals surface area contributed by atoms with Crippen LogP contribution in [-0.4, -0.2) is 56.9 Å². The Morgan fingerprint density at radius 2 is 2.06 bits per heavy atom. The van der Waals surface area contributed by atoms with Gasteiger partial charge in [0.1, 0.15) is 11.7 Å². The third-order valence-corrected chi connectivity index (χ3v) is 5.88. The first kappa shape index (κ1) is 21.9. The number of nitrogens with one attached hydrogen (secondary N) is 1. The number of halogens is 4. The van der Waals surface area contributed by atoms with Gasteiger partial charge < -0.3 is 14.3 Å². The van der Waals surface area contributed by atoms with Gasteiger partial charge in [-0.25, -0.2) is 23.0 Å². The molecule has 36 heavy (non-hydrogen) atoms. The summed E-state index contributed by atoms with van der Waals surface area (Å²) in [6.07, 6.45) is 1.30. The predicted octanol–water partition coefficient (Wildman–Crippen LogP) is 3.42. The molecule has 5 aromatic heterocycles. The summed E-state index contributed by atoms with van der Waals surface area (Å²) in [5.41, 5.74) is 1.86. The predicted molar refractivity (Wildman–Crippen MR) is 112 cm³/mol. The maximum Gasteiger partial charge on any atom is 0.333 e. The second-order valence-electron chi connectivity index (χ2n) is 7.97. The number of carbonyl (C=O) groups is 1. The Morgan fingerprint density at radius 1 is 1.19 bits per heavy atom. The Labute approximate surface area is 198 Å². The van der Waals surface area contributed by atoms with Crippen molar-refractivity contribution in [1.82, 2.24) is 44.5 Å². The van der Waals surface area contributed by atoms with Crippen LogP contribution in [0.1, 0.15) is 52.5 Å². The van der Waals surface area contributed by atoms with Gasteiger partial charge in [-0.3, -0.25) is 4.79 Å². The second-order valence-corrected chi connectivity index (χ2v) is 7.97. The Hall–Kier alpha value is -4.56. The van der Waals surface area contributed by atoms with E-state index in [1.54, 1.807) is 12.1 Å². The van der Waals surface area contributed by atoms with E-state index < -0.39 is 24.9 Å². The summed E-state index contributed by atoms with van der Waals surface area (Å²) in [5.74, 6) is -1.19. The second kappa shape index (κ2) is 8.28. The zero-order valence-corrected chi connectivity index (χ0v) is 18.1. The monoisotopic (exact) mass is 501 g/mol. The molecule has 1 N–H and O–H groups in total. The van der Waals surface area contributed by atoms with Crippen molar-refractivity contribution in [1.29, 1.82) is 0 Å². The first-order valence-electron chi connectivity index (χ1n) is 10.7. The van der Waals surface area contributed by atoms with E-state index in [9.17, 15) is 22.4 Å². The number of rotatable bonds is 5. The lowest BCUT2D eigenvalue weighted by atomic mass is 9.99. The minimum absolute atomic E-state index is 0.117. The van der Waals surface area contributed by atoms with Crippen molar-refractivity contribution in [2.45, 2.75) is 25.4 Å². The fourth-order valence-electron chi connectivity index (χ4n) is 4.25. The molecule has 0 radical (unpaired) electrons. The average molecular weight is 501 g/mol. The van der Waals surface area contributed by atoms with Gasteiger partial charge in [-0.2, -0.15) is 19.0 Å². The highest BCUT2D eigenvalue weighted by molar-refractivity contribution is 5.90. The first-order valence-corrected chi connectivity index (χ1v) is 10.7. The van der Waals surface area contributed by atoms with E-state index >= 15 is 0 Å². The summed E-state index contributed by atoms with van der Waals surface area (Å²) in [6, 6.07) is 5.19. The third kappa shape index (κ3) is 3.50. The zero-order valence-electron chi connectivity index (χ0n) is 18.1. The van der Waals surface area contributed by atoms with Crippen LogP contribution in [0, 0.1) is 0 Å². The molecule has 6 heterocycles. The summed E-state index contributed by atoms with van der Waals surface area (Å²) < 4.78 is 59.8. The number of aromatic nitrogens is 8. The minimum atomic E-state index is -2.85. The van der Waals surface area contributed by atoms with Crippen LogP contribution in [0.25, 0.3) is 17.0 Å². The van der Waals surface area contributed by atoms with E-state index in [0.717, 1.165) is 22.6 Å². The van der Waals surface area contributed by atoms with Crippen LogP contribution in [0.5, 0.6) is 0 Å². The lowest BCUT2D eigenvalue weighted by Crippen LogP contribution is -2.41. The highest BCUT2D eigenvalue weighted by Crippen LogP contribution is 2.35. The summed E-state index contributed by atoms with van der Waals surface area (Å²) in [5, 5.41) is 15.5. The third-order valence-electron chi connectivity index (χ3n) is 5.88. The molecule has 0 spiro atoms. The Balaban J connectivity index is 1.38. The topological polar surface area (TPSA) is 123 Å². The Morgan fingerprint density at radius 3 is 2.83 bits per heavy atom. The first-order chi connectivity index (χ1) is 17.4. The maximum atomic E-state index is 13.5. The summed E-state index contributed by atoms with van der Waals surface area (Å²) in [4.78, 5) is 22.2. The van der Waals surface area contributed by atoms with Crippen molar-refractivity contribution in [3.63, 3.8) is 0 Å². The standard InChI is InChI=1S/C21H15F4N9O2/c22-17(23)14-3-1-2-11-6-13(31-34(11)14)16-15-12(26-9-27-15)4-5-32(16)20(35)19-30-29-18(36-19)10-7-28-33(8-10)21(24)25/h1-3,6-9,16-17,21H,4-5H2,(H,26,27). The van der Waals surface area contributed by atoms with Crippen molar-refractivity contribution in [2.75, 3.05) is 6.54 Å². The van der Waals surface area contributed by atoms with E-state index in [2.05, 4.69) is 30.4 Å². The molecule has 184 valence electrons. The van der Waals surface area contributed by atoms with Gasteiger partial charge in [0, 0.05) is 24.9 Å². The zero-order chi connectivity index (χ0) is 25.0. The average Bonchev–Trinajstić information content (AvgIpc) is 3.66. The molecule has 0 bridgehead atoms. The number of fused-ring (bicyclic) bond motifs is 2. The van der Waals surface area contributed by atoms with Crippen molar-refractivity contribution in [3.8, 4) is 11.5 Å². The van der Waals surface area contributed by atoms with Crippen molar-refractivity contribution < 1.29 is 26.8 Å². The molecule has 1 aliphatic heterocycles. The quantitative estimate of drug-likeness (QED) is 0.366. The van der Waals surface area contributed by atoms with Crippen molar-refractivity contribution in [3.05, 3.63) is 71.7 Å². The fraction of sp³-hybridized carbons (Fsp3) is 0.238. The largest absolute Gasteiger partial charge is 0.412 e. The summed E-state index contributed by atoms with van der Waals surface area (Å²) in [7, 11) is 0. The number of carbonyl (C=O) groups excluding carboxylic acids is 1. The number of hydrogen-bond donors (Lipinski definition) is 1. The van der Waals surface area contributed by atoms with Crippen LogP contribution in [0.3, 0.4) is 0 Å². The van der Waals surface area contributed by atoms with E-state index in [1.165, 1.54) is 23.4 Å². The van der Waals surface area contributed by atoms with Crippen molar-refractivity contribution in [2.24, 2.45) is 0 Å². The molecule has 1 unspecified atom stereocenters. The van der Waals surface area contributed by atoms with E-state index in [4.69, 9.17) is 4.42 Å².